The fourth-order valence-electron chi connectivity index (χ4n) is 4.69. The van der Waals surface area contributed by atoms with Crippen LogP contribution in [0.4, 0.5) is 4.79 Å². The van der Waals surface area contributed by atoms with Gasteiger partial charge in [0, 0.05) is 11.6 Å². The zero-order valence-corrected chi connectivity index (χ0v) is 20.2. The Balaban J connectivity index is 1.25. The molecule has 0 bridgehead atoms. The number of thiazole rings is 1. The highest BCUT2D eigenvalue weighted by atomic mass is 32.1. The molecule has 35 heavy (non-hydrogen) atoms. The molecule has 0 saturated heterocycles. The maximum absolute atomic E-state index is 12.7. The summed E-state index contributed by atoms with van der Waals surface area (Å²) in [6.45, 7) is 5.73. The Hall–Kier alpha value is -3.91. The van der Waals surface area contributed by atoms with E-state index in [0.717, 1.165) is 41.1 Å². The minimum Gasteiger partial charge on any atom is -0.395 e. The first-order valence-corrected chi connectivity index (χ1v) is 12.4. The second-order valence-corrected chi connectivity index (χ2v) is 9.95. The molecule has 178 valence electrons. The predicted molar refractivity (Wildman–Crippen MR) is 138 cm³/mol. The van der Waals surface area contributed by atoms with Crippen LogP contribution in [0.2, 0.25) is 0 Å². The van der Waals surface area contributed by atoms with Crippen LogP contribution in [0.3, 0.4) is 0 Å². The van der Waals surface area contributed by atoms with Crippen LogP contribution < -0.4 is 21.7 Å². The van der Waals surface area contributed by atoms with E-state index in [1.54, 1.807) is 11.3 Å². The molecule has 2 atom stereocenters. The Bertz CT molecular complexity index is 1330. The number of hydrogen-bond acceptors (Lipinski definition) is 5. The van der Waals surface area contributed by atoms with E-state index in [9.17, 15) is 9.59 Å². The molecule has 5 N–H and O–H groups in total. The van der Waals surface area contributed by atoms with E-state index in [1.807, 2.05) is 18.2 Å². The van der Waals surface area contributed by atoms with Gasteiger partial charge in [-0.05, 0) is 43.2 Å². The molecular formula is C27H27N5O2S. The Morgan fingerprint density at radius 1 is 1.09 bits per heavy atom. The van der Waals surface area contributed by atoms with Crippen molar-refractivity contribution < 1.29 is 9.59 Å². The van der Waals surface area contributed by atoms with Gasteiger partial charge in [0.2, 0.25) is 0 Å². The number of amides is 3. The van der Waals surface area contributed by atoms with Crippen LogP contribution in [0.25, 0.3) is 21.0 Å². The average Bonchev–Trinajstić information content (AvgIpc) is 3.48. The Labute approximate surface area is 208 Å². The van der Waals surface area contributed by atoms with Gasteiger partial charge in [-0.2, -0.15) is 0 Å². The van der Waals surface area contributed by atoms with E-state index in [1.165, 1.54) is 10.4 Å². The van der Waals surface area contributed by atoms with Crippen LogP contribution in [-0.4, -0.2) is 23.0 Å². The van der Waals surface area contributed by atoms with Gasteiger partial charge in [0.05, 0.1) is 22.0 Å². The third-order valence-electron chi connectivity index (χ3n) is 6.55. The molecule has 8 heteroatoms. The summed E-state index contributed by atoms with van der Waals surface area (Å²) in [6, 6.07) is 18.4. The zero-order chi connectivity index (χ0) is 24.5. The number of nitrogens with two attached hydrogens (primary N) is 1. The van der Waals surface area contributed by atoms with E-state index in [-0.39, 0.29) is 29.0 Å². The molecule has 0 unspecified atom stereocenters. The summed E-state index contributed by atoms with van der Waals surface area (Å²) < 4.78 is 0. The molecule has 0 spiro atoms. The Kier molecular flexibility index (Phi) is 6.13. The molecule has 0 radical (unpaired) electrons. The van der Waals surface area contributed by atoms with Crippen LogP contribution in [0.15, 0.2) is 78.3 Å². The van der Waals surface area contributed by atoms with Gasteiger partial charge in [0.1, 0.15) is 10.7 Å². The van der Waals surface area contributed by atoms with Gasteiger partial charge < -0.3 is 21.7 Å². The summed E-state index contributed by atoms with van der Waals surface area (Å²) in [5.41, 5.74) is 11.0. The lowest BCUT2D eigenvalue weighted by atomic mass is 9.96. The first kappa shape index (κ1) is 22.9. The highest BCUT2D eigenvalue weighted by Gasteiger charge is 2.30. The number of nitrogens with zero attached hydrogens (tertiary/aromatic N) is 1. The number of aromatic nitrogens is 1. The van der Waals surface area contributed by atoms with Crippen molar-refractivity contribution in [3.05, 3.63) is 89.5 Å². The summed E-state index contributed by atoms with van der Waals surface area (Å²) in [4.78, 5) is 30.3. The number of benzene rings is 2. The minimum atomic E-state index is -0.509. The van der Waals surface area contributed by atoms with Crippen molar-refractivity contribution in [1.29, 1.82) is 0 Å². The van der Waals surface area contributed by atoms with Crippen molar-refractivity contribution in [2.24, 2.45) is 5.73 Å². The zero-order valence-electron chi connectivity index (χ0n) is 19.4. The van der Waals surface area contributed by atoms with E-state index >= 15 is 0 Å². The van der Waals surface area contributed by atoms with Crippen LogP contribution in [0.1, 0.15) is 36.4 Å². The molecule has 2 heterocycles. The summed E-state index contributed by atoms with van der Waals surface area (Å²) in [5, 5.41) is 8.98. The molecule has 3 aromatic rings. The monoisotopic (exact) mass is 485 g/mol. The number of rotatable bonds is 5. The summed E-state index contributed by atoms with van der Waals surface area (Å²) in [5.74, 6) is -0.0184. The molecule has 1 fully saturated rings. The van der Waals surface area contributed by atoms with E-state index < -0.39 is 6.03 Å². The molecule has 1 aromatic heterocycles. The van der Waals surface area contributed by atoms with E-state index in [4.69, 9.17) is 10.7 Å². The van der Waals surface area contributed by atoms with Crippen molar-refractivity contribution in [3.63, 3.8) is 0 Å². The van der Waals surface area contributed by atoms with Crippen molar-refractivity contribution in [3.8, 4) is 21.0 Å². The second kappa shape index (κ2) is 9.38. The van der Waals surface area contributed by atoms with Crippen LogP contribution in [-0.2, 0) is 4.79 Å². The summed E-state index contributed by atoms with van der Waals surface area (Å²) in [7, 11) is 0. The third-order valence-corrected chi connectivity index (χ3v) is 7.81. The fraction of sp³-hybridized carbons (Fsp3) is 0.222. The second-order valence-electron chi connectivity index (χ2n) is 8.95. The van der Waals surface area contributed by atoms with Crippen LogP contribution >= 0.6 is 11.3 Å². The number of carbonyl (C=O) groups is 2. The first-order chi connectivity index (χ1) is 16.9. The molecule has 1 aliphatic carbocycles. The average molecular weight is 486 g/mol. The van der Waals surface area contributed by atoms with Crippen molar-refractivity contribution in [1.82, 2.24) is 20.9 Å². The van der Waals surface area contributed by atoms with Gasteiger partial charge in [-0.3, -0.25) is 4.79 Å². The molecule has 5 rings (SSSR count). The van der Waals surface area contributed by atoms with Gasteiger partial charge in [0.25, 0.3) is 5.91 Å². The first-order valence-electron chi connectivity index (χ1n) is 11.6. The number of aryl methyl sites for hydroxylation is 1. The maximum Gasteiger partial charge on any atom is 0.323 e. The minimum absolute atomic E-state index is 0.0182. The Morgan fingerprint density at radius 3 is 2.57 bits per heavy atom. The molecule has 2 aliphatic rings. The lowest BCUT2D eigenvalue weighted by Crippen LogP contribution is -2.48. The largest absolute Gasteiger partial charge is 0.395 e. The van der Waals surface area contributed by atoms with Crippen molar-refractivity contribution in [2.45, 2.75) is 38.1 Å². The molecular weight excluding hydrogens is 458 g/mol. The topological polar surface area (TPSA) is 109 Å². The molecule has 3 amide bonds. The lowest BCUT2D eigenvalue weighted by Gasteiger charge is -2.22. The molecule has 1 aliphatic heterocycles. The third kappa shape index (κ3) is 4.70. The molecule has 2 aromatic carbocycles. The highest BCUT2D eigenvalue weighted by molar-refractivity contribution is 7.18. The maximum atomic E-state index is 12.7. The summed E-state index contributed by atoms with van der Waals surface area (Å²) in [6.07, 6.45) is 2.69. The molecule has 1 saturated carbocycles. The quantitative estimate of drug-likeness (QED) is 0.426. The van der Waals surface area contributed by atoms with Crippen LogP contribution in [0, 0.1) is 6.92 Å². The lowest BCUT2D eigenvalue weighted by molar-refractivity contribution is -0.118. The number of carbonyl (C=O) groups excluding carboxylic acids is 2. The fourth-order valence-corrected chi connectivity index (χ4v) is 5.77. The standard InChI is InChI=1S/C27H27N5O2S/c1-15-22(28)23(32-27(34)30-15)25(33)31-21-13-12-20(14-21)17-8-10-18(11-9-17)24-16(2)29-26(35-24)19-6-4-3-5-7-19/h3-11,20-21H,1,12-14,28H2,2H3,(H,31,33)(H2,30,32,34)/t20-,21+/m0/s1. The van der Waals surface area contributed by atoms with E-state index in [2.05, 4.69) is 65.9 Å². The smallest absolute Gasteiger partial charge is 0.323 e. The van der Waals surface area contributed by atoms with Gasteiger partial charge in [-0.15, -0.1) is 11.3 Å². The van der Waals surface area contributed by atoms with E-state index in [0.29, 0.717) is 5.92 Å². The van der Waals surface area contributed by atoms with Crippen molar-refractivity contribution >= 4 is 23.3 Å². The van der Waals surface area contributed by atoms with Gasteiger partial charge in [-0.25, -0.2) is 9.78 Å². The van der Waals surface area contributed by atoms with Gasteiger partial charge >= 0.3 is 6.03 Å². The number of hydrogen-bond donors (Lipinski definition) is 4. The SMILES string of the molecule is C=C1NC(=O)NC(C(=O)N[C@@H]2CC[C@H](c3ccc(-c4sc(-c5ccccc5)nc4C)cc3)C2)=C1N. The van der Waals surface area contributed by atoms with Crippen LogP contribution in [0.5, 0.6) is 0 Å². The number of urea groups is 1. The van der Waals surface area contributed by atoms with Gasteiger partial charge in [0.15, 0.2) is 0 Å². The number of nitrogens with one attached hydrogen (secondary N) is 3. The van der Waals surface area contributed by atoms with Crippen molar-refractivity contribution in [2.75, 3.05) is 0 Å². The predicted octanol–water partition coefficient (Wildman–Crippen LogP) is 4.53. The normalized spacial score (nSPS) is 19.9. The Morgan fingerprint density at radius 2 is 1.83 bits per heavy atom. The van der Waals surface area contributed by atoms with Gasteiger partial charge in [-0.1, -0.05) is 61.2 Å². The molecule has 7 nitrogen and oxygen atoms in total. The highest BCUT2D eigenvalue weighted by Crippen LogP contribution is 2.38. The summed E-state index contributed by atoms with van der Waals surface area (Å²) >= 11 is 1.71.